The SMILES string of the molecule is O=NC1=NN=CC1. The van der Waals surface area contributed by atoms with Crippen LogP contribution >= 0.6 is 0 Å². The third-order valence-corrected chi connectivity index (χ3v) is 0.634. The standard InChI is InChI=1S/C3H3N3O/c7-6-3-1-2-4-5-3/h2H,1H2. The summed E-state index contributed by atoms with van der Waals surface area (Å²) in [6.45, 7) is 0. The fourth-order valence-electron chi connectivity index (χ4n) is 0.326. The largest absolute Gasteiger partial charge is 0.200 e. The van der Waals surface area contributed by atoms with Gasteiger partial charge in [0.1, 0.15) is 0 Å². The Morgan fingerprint density at radius 3 is 3.00 bits per heavy atom. The molecule has 0 amide bonds. The molecule has 0 spiro atoms. The highest BCUT2D eigenvalue weighted by molar-refractivity contribution is 5.97. The highest BCUT2D eigenvalue weighted by Crippen LogP contribution is 1.93. The van der Waals surface area contributed by atoms with E-state index in [-0.39, 0.29) is 5.84 Å². The second-order valence-electron chi connectivity index (χ2n) is 1.11. The van der Waals surface area contributed by atoms with Crippen molar-refractivity contribution in [3.8, 4) is 0 Å². The molecule has 0 saturated heterocycles. The van der Waals surface area contributed by atoms with Gasteiger partial charge in [0.15, 0.2) is 5.84 Å². The second kappa shape index (κ2) is 1.59. The predicted octanol–water partition coefficient (Wildman–Crippen LogP) is 0.541. The van der Waals surface area contributed by atoms with Gasteiger partial charge in [0.2, 0.25) is 0 Å². The van der Waals surface area contributed by atoms with Gasteiger partial charge in [-0.25, -0.2) is 0 Å². The first-order chi connectivity index (χ1) is 3.43. The fraction of sp³-hybridized carbons (Fsp3) is 0.333. The van der Waals surface area contributed by atoms with Gasteiger partial charge in [-0.3, -0.25) is 0 Å². The first-order valence-electron chi connectivity index (χ1n) is 1.85. The van der Waals surface area contributed by atoms with E-state index in [1.807, 2.05) is 0 Å². The molecule has 4 nitrogen and oxygen atoms in total. The Morgan fingerprint density at radius 1 is 1.86 bits per heavy atom. The molecule has 0 saturated carbocycles. The smallest absolute Gasteiger partial charge is 0.161 e. The number of nitrogens with zero attached hydrogens (tertiary/aromatic N) is 3. The lowest BCUT2D eigenvalue weighted by molar-refractivity contribution is 1.26. The van der Waals surface area contributed by atoms with E-state index in [2.05, 4.69) is 15.4 Å². The zero-order valence-corrected chi connectivity index (χ0v) is 3.53. The number of rotatable bonds is 0. The highest BCUT2D eigenvalue weighted by Gasteiger charge is 1.98. The van der Waals surface area contributed by atoms with Crippen LogP contribution in [-0.2, 0) is 0 Å². The van der Waals surface area contributed by atoms with Crippen LogP contribution in [0, 0.1) is 4.91 Å². The highest BCUT2D eigenvalue weighted by atomic mass is 16.3. The van der Waals surface area contributed by atoms with Gasteiger partial charge in [-0.2, -0.15) is 5.10 Å². The van der Waals surface area contributed by atoms with Gasteiger partial charge in [0.25, 0.3) is 0 Å². The van der Waals surface area contributed by atoms with Gasteiger partial charge in [-0.15, -0.1) is 10.0 Å². The van der Waals surface area contributed by atoms with Crippen LogP contribution in [-0.4, -0.2) is 12.1 Å². The Hall–Kier alpha value is -1.06. The molecule has 0 fully saturated rings. The molecule has 1 heterocycles. The molecule has 36 valence electrons. The lowest BCUT2D eigenvalue weighted by Gasteiger charge is -1.71. The van der Waals surface area contributed by atoms with Crippen molar-refractivity contribution in [2.75, 3.05) is 0 Å². The summed E-state index contributed by atoms with van der Waals surface area (Å²) in [5.74, 6) is 0.264. The van der Waals surface area contributed by atoms with Crippen LogP contribution in [0.1, 0.15) is 6.42 Å². The molecule has 0 aromatic rings. The fourth-order valence-corrected chi connectivity index (χ4v) is 0.326. The third-order valence-electron chi connectivity index (χ3n) is 0.634. The Morgan fingerprint density at radius 2 is 2.71 bits per heavy atom. The van der Waals surface area contributed by atoms with Crippen molar-refractivity contribution >= 4 is 12.1 Å². The average Bonchev–Trinajstić information content (AvgIpc) is 2.14. The summed E-state index contributed by atoms with van der Waals surface area (Å²) < 4.78 is 0. The summed E-state index contributed by atoms with van der Waals surface area (Å²) in [5, 5.41) is 9.33. The monoisotopic (exact) mass is 97.0 g/mol. The Labute approximate surface area is 39.9 Å². The van der Waals surface area contributed by atoms with Crippen molar-refractivity contribution in [2.45, 2.75) is 6.42 Å². The molecule has 1 aliphatic heterocycles. The Balaban J connectivity index is 2.61. The molecule has 0 radical (unpaired) electrons. The van der Waals surface area contributed by atoms with E-state index in [0.717, 1.165) is 0 Å². The summed E-state index contributed by atoms with van der Waals surface area (Å²) in [7, 11) is 0. The van der Waals surface area contributed by atoms with Crippen LogP contribution in [0.25, 0.3) is 0 Å². The van der Waals surface area contributed by atoms with Crippen molar-refractivity contribution in [1.82, 2.24) is 0 Å². The molecule has 1 aliphatic rings. The molecule has 1 rings (SSSR count). The van der Waals surface area contributed by atoms with Gasteiger partial charge in [-0.1, -0.05) is 0 Å². The maximum atomic E-state index is 9.55. The molecule has 0 aromatic heterocycles. The predicted molar refractivity (Wildman–Crippen MR) is 26.3 cm³/mol. The van der Waals surface area contributed by atoms with E-state index >= 15 is 0 Å². The molecule has 0 unspecified atom stereocenters. The molecule has 0 bridgehead atoms. The van der Waals surface area contributed by atoms with Crippen molar-refractivity contribution in [3.05, 3.63) is 4.91 Å². The van der Waals surface area contributed by atoms with Crippen molar-refractivity contribution < 1.29 is 0 Å². The Bertz CT molecular complexity index is 137. The molecule has 0 aliphatic carbocycles. The topological polar surface area (TPSA) is 54.1 Å². The van der Waals surface area contributed by atoms with Gasteiger partial charge < -0.3 is 0 Å². The minimum absolute atomic E-state index is 0.264. The van der Waals surface area contributed by atoms with Crippen molar-refractivity contribution in [3.63, 3.8) is 0 Å². The first-order valence-corrected chi connectivity index (χ1v) is 1.85. The number of amidine groups is 1. The summed E-state index contributed by atoms with van der Waals surface area (Å²) in [6.07, 6.45) is 2.03. The normalized spacial score (nSPS) is 16.9. The van der Waals surface area contributed by atoms with Gasteiger partial charge in [0.05, 0.1) is 6.42 Å². The quantitative estimate of drug-likeness (QED) is 0.407. The minimum Gasteiger partial charge on any atom is -0.161 e. The van der Waals surface area contributed by atoms with E-state index in [1.165, 1.54) is 6.21 Å². The van der Waals surface area contributed by atoms with E-state index in [1.54, 1.807) is 0 Å². The van der Waals surface area contributed by atoms with Crippen LogP contribution in [0.5, 0.6) is 0 Å². The maximum absolute atomic E-state index is 9.55. The minimum atomic E-state index is 0.264. The molecular weight excluding hydrogens is 94.1 g/mol. The molecular formula is C3H3N3O. The molecule has 0 atom stereocenters. The van der Waals surface area contributed by atoms with Crippen LogP contribution < -0.4 is 0 Å². The summed E-state index contributed by atoms with van der Waals surface area (Å²) in [6, 6.07) is 0. The van der Waals surface area contributed by atoms with Gasteiger partial charge in [-0.05, 0) is 5.18 Å². The summed E-state index contributed by atoms with van der Waals surface area (Å²) >= 11 is 0. The van der Waals surface area contributed by atoms with Crippen LogP contribution in [0.4, 0.5) is 0 Å². The van der Waals surface area contributed by atoms with Crippen molar-refractivity contribution in [1.29, 1.82) is 0 Å². The second-order valence-corrected chi connectivity index (χ2v) is 1.11. The molecule has 4 heteroatoms. The number of hydrogen-bond donors (Lipinski definition) is 0. The lowest BCUT2D eigenvalue weighted by atomic mass is 10.5. The maximum Gasteiger partial charge on any atom is 0.200 e. The third kappa shape index (κ3) is 0.677. The Kier molecular flexibility index (Phi) is 0.934. The molecule has 7 heavy (non-hydrogen) atoms. The van der Waals surface area contributed by atoms with E-state index in [0.29, 0.717) is 6.42 Å². The van der Waals surface area contributed by atoms with Crippen molar-refractivity contribution in [2.24, 2.45) is 15.4 Å². The first kappa shape index (κ1) is 4.11. The van der Waals surface area contributed by atoms with E-state index in [4.69, 9.17) is 0 Å². The van der Waals surface area contributed by atoms with Crippen LogP contribution in [0.15, 0.2) is 15.4 Å². The zero-order valence-electron chi connectivity index (χ0n) is 3.53. The van der Waals surface area contributed by atoms with Crippen LogP contribution in [0.3, 0.4) is 0 Å². The van der Waals surface area contributed by atoms with E-state index < -0.39 is 0 Å². The van der Waals surface area contributed by atoms with E-state index in [9.17, 15) is 4.91 Å². The molecule has 0 N–H and O–H groups in total. The summed E-state index contributed by atoms with van der Waals surface area (Å²) in [4.78, 5) is 9.55. The lowest BCUT2D eigenvalue weighted by Crippen LogP contribution is -1.84. The number of nitroso groups, excluding NO2 is 1. The number of hydrogen-bond acceptors (Lipinski definition) is 4. The van der Waals surface area contributed by atoms with Gasteiger partial charge in [0, 0.05) is 6.21 Å². The van der Waals surface area contributed by atoms with Gasteiger partial charge >= 0.3 is 0 Å². The average molecular weight is 97.1 g/mol. The zero-order chi connectivity index (χ0) is 5.11. The van der Waals surface area contributed by atoms with Crippen LogP contribution in [0.2, 0.25) is 0 Å². The molecule has 0 aromatic carbocycles. The summed E-state index contributed by atoms with van der Waals surface area (Å²) in [5.41, 5.74) is 0.